The van der Waals surface area contributed by atoms with E-state index in [-0.39, 0.29) is 5.16 Å². The van der Waals surface area contributed by atoms with E-state index in [0.717, 1.165) is 6.26 Å². The van der Waals surface area contributed by atoms with Crippen molar-refractivity contribution >= 4 is 15.9 Å². The van der Waals surface area contributed by atoms with Crippen LogP contribution in [-0.4, -0.2) is 41.5 Å². The lowest BCUT2D eigenvalue weighted by atomic mass is 10.2. The van der Waals surface area contributed by atoms with Gasteiger partial charge in [0, 0.05) is 6.26 Å². The Bertz CT molecular complexity index is 577. The summed E-state index contributed by atoms with van der Waals surface area (Å²) in [6.45, 7) is 6.91. The Balaban J connectivity index is 2.74. The topological polar surface area (TPSA) is 111 Å². The van der Waals surface area contributed by atoms with Crippen molar-refractivity contribution in [2.75, 3.05) is 6.26 Å². The van der Waals surface area contributed by atoms with Crippen molar-refractivity contribution in [3.63, 3.8) is 0 Å². The Labute approximate surface area is 117 Å². The molecule has 20 heavy (non-hydrogen) atoms. The third kappa shape index (κ3) is 5.08. The highest BCUT2D eigenvalue weighted by Gasteiger charge is 2.20. The highest BCUT2D eigenvalue weighted by atomic mass is 32.2. The van der Waals surface area contributed by atoms with Gasteiger partial charge in [-0.25, -0.2) is 18.2 Å². The minimum absolute atomic E-state index is 0.336. The SMILES string of the molecule is C[C@@H](NC(=O)OC(C)(C)C)c1cnc(S(C)(=O)=O)nn1. The van der Waals surface area contributed by atoms with E-state index in [9.17, 15) is 13.2 Å². The van der Waals surface area contributed by atoms with Crippen LogP contribution in [0.4, 0.5) is 4.79 Å². The van der Waals surface area contributed by atoms with E-state index in [4.69, 9.17) is 4.74 Å². The van der Waals surface area contributed by atoms with Gasteiger partial charge in [0.05, 0.1) is 12.2 Å². The van der Waals surface area contributed by atoms with E-state index in [2.05, 4.69) is 20.5 Å². The summed E-state index contributed by atoms with van der Waals surface area (Å²) in [5.74, 6) is 0. The normalized spacial score (nSPS) is 13.7. The summed E-state index contributed by atoms with van der Waals surface area (Å²) in [5, 5.41) is 9.45. The van der Waals surface area contributed by atoms with Crippen molar-refractivity contribution in [3.8, 4) is 0 Å². The zero-order chi connectivity index (χ0) is 15.6. The van der Waals surface area contributed by atoms with E-state index in [1.807, 2.05) is 0 Å². The van der Waals surface area contributed by atoms with Gasteiger partial charge in [-0.2, -0.15) is 0 Å². The molecule has 0 aliphatic heterocycles. The van der Waals surface area contributed by atoms with Crippen LogP contribution >= 0.6 is 0 Å². The summed E-state index contributed by atoms with van der Waals surface area (Å²) >= 11 is 0. The average molecular weight is 302 g/mol. The van der Waals surface area contributed by atoms with E-state index in [1.165, 1.54) is 6.20 Å². The first kappa shape index (κ1) is 16.3. The molecule has 1 heterocycles. The molecule has 0 radical (unpaired) electrons. The number of sulfone groups is 1. The Hall–Kier alpha value is -1.77. The Kier molecular flexibility index (Phi) is 4.64. The minimum Gasteiger partial charge on any atom is -0.444 e. The largest absolute Gasteiger partial charge is 0.444 e. The molecular formula is C11H18N4O4S. The standard InChI is InChI=1S/C11H18N4O4S/c1-7(13-10(16)19-11(2,3)4)8-6-12-9(15-14-8)20(5,17)18/h6-7H,1-5H3,(H,13,16)/t7-/m1/s1. The summed E-state index contributed by atoms with van der Waals surface area (Å²) in [6, 6.07) is -0.501. The molecule has 112 valence electrons. The summed E-state index contributed by atoms with van der Waals surface area (Å²) in [4.78, 5) is 15.3. The number of amides is 1. The first-order valence-electron chi connectivity index (χ1n) is 5.88. The van der Waals surface area contributed by atoms with Crippen molar-refractivity contribution in [2.45, 2.75) is 44.5 Å². The van der Waals surface area contributed by atoms with E-state index in [1.54, 1.807) is 27.7 Å². The molecular weight excluding hydrogens is 284 g/mol. The maximum atomic E-state index is 11.6. The zero-order valence-corrected chi connectivity index (χ0v) is 12.9. The van der Waals surface area contributed by atoms with Gasteiger partial charge in [-0.05, 0) is 27.7 Å². The van der Waals surface area contributed by atoms with Crippen molar-refractivity contribution in [3.05, 3.63) is 11.9 Å². The zero-order valence-electron chi connectivity index (χ0n) is 12.0. The second kappa shape index (κ2) is 5.70. The molecule has 0 saturated heterocycles. The lowest BCUT2D eigenvalue weighted by molar-refractivity contribution is 0.0506. The third-order valence-corrected chi connectivity index (χ3v) is 2.92. The maximum Gasteiger partial charge on any atom is 0.408 e. The van der Waals surface area contributed by atoms with E-state index >= 15 is 0 Å². The second-order valence-electron chi connectivity index (χ2n) is 5.31. The average Bonchev–Trinajstić information content (AvgIpc) is 2.25. The van der Waals surface area contributed by atoms with Crippen molar-refractivity contribution in [1.29, 1.82) is 0 Å². The Morgan fingerprint density at radius 1 is 1.35 bits per heavy atom. The number of aromatic nitrogens is 3. The molecule has 0 unspecified atom stereocenters. The van der Waals surface area contributed by atoms with Crippen LogP contribution in [0.2, 0.25) is 0 Å². The molecule has 1 aromatic heterocycles. The van der Waals surface area contributed by atoms with Gasteiger partial charge in [0.2, 0.25) is 9.84 Å². The number of nitrogens with zero attached hydrogens (tertiary/aromatic N) is 3. The minimum atomic E-state index is -3.49. The van der Waals surface area contributed by atoms with Crippen LogP contribution in [0.1, 0.15) is 39.4 Å². The fourth-order valence-electron chi connectivity index (χ4n) is 1.20. The van der Waals surface area contributed by atoms with Crippen molar-refractivity contribution in [2.24, 2.45) is 0 Å². The molecule has 1 aromatic rings. The number of hydrogen-bond donors (Lipinski definition) is 1. The molecule has 1 atom stereocenters. The molecule has 0 saturated carbocycles. The molecule has 0 fully saturated rings. The number of nitrogens with one attached hydrogen (secondary N) is 1. The van der Waals surface area contributed by atoms with Gasteiger partial charge in [0.25, 0.3) is 5.16 Å². The molecule has 0 aromatic carbocycles. The molecule has 8 nitrogen and oxygen atoms in total. The molecule has 1 rings (SSSR count). The fraction of sp³-hybridized carbons (Fsp3) is 0.636. The monoisotopic (exact) mass is 302 g/mol. The molecule has 1 N–H and O–H groups in total. The lowest BCUT2D eigenvalue weighted by Crippen LogP contribution is -2.34. The number of carbonyl (C=O) groups is 1. The number of alkyl carbamates (subject to hydrolysis) is 1. The van der Waals surface area contributed by atoms with E-state index in [0.29, 0.717) is 5.69 Å². The summed E-state index contributed by atoms with van der Waals surface area (Å²) in [7, 11) is -3.49. The molecule has 0 spiro atoms. The Morgan fingerprint density at radius 2 is 1.95 bits per heavy atom. The number of hydrogen-bond acceptors (Lipinski definition) is 7. The van der Waals surface area contributed by atoms with Crippen LogP contribution in [-0.2, 0) is 14.6 Å². The van der Waals surface area contributed by atoms with Crippen molar-refractivity contribution in [1.82, 2.24) is 20.5 Å². The van der Waals surface area contributed by atoms with Crippen LogP contribution in [0.3, 0.4) is 0 Å². The van der Waals surface area contributed by atoms with Gasteiger partial charge in [-0.15, -0.1) is 10.2 Å². The molecule has 1 amide bonds. The van der Waals surface area contributed by atoms with Crippen LogP contribution in [0.5, 0.6) is 0 Å². The predicted octanol–water partition coefficient (Wildman–Crippen LogP) is 0.861. The molecule has 9 heteroatoms. The van der Waals surface area contributed by atoms with Gasteiger partial charge in [0.15, 0.2) is 0 Å². The molecule has 0 aliphatic carbocycles. The maximum absolute atomic E-state index is 11.6. The summed E-state index contributed by atoms with van der Waals surface area (Å²) in [5.41, 5.74) is -0.267. The lowest BCUT2D eigenvalue weighted by Gasteiger charge is -2.21. The first-order chi connectivity index (χ1) is 8.99. The summed E-state index contributed by atoms with van der Waals surface area (Å²) in [6.07, 6.45) is 1.65. The van der Waals surface area contributed by atoms with Gasteiger partial charge in [0.1, 0.15) is 11.3 Å². The van der Waals surface area contributed by atoms with Crippen LogP contribution in [0.15, 0.2) is 11.4 Å². The van der Waals surface area contributed by atoms with Gasteiger partial charge >= 0.3 is 6.09 Å². The first-order valence-corrected chi connectivity index (χ1v) is 7.77. The quantitative estimate of drug-likeness (QED) is 0.881. The smallest absolute Gasteiger partial charge is 0.408 e. The fourth-order valence-corrected chi connectivity index (χ4v) is 1.63. The predicted molar refractivity (Wildman–Crippen MR) is 70.7 cm³/mol. The van der Waals surface area contributed by atoms with Gasteiger partial charge < -0.3 is 10.1 Å². The van der Waals surface area contributed by atoms with Crippen LogP contribution in [0.25, 0.3) is 0 Å². The highest BCUT2D eigenvalue weighted by Crippen LogP contribution is 2.11. The third-order valence-electron chi connectivity index (χ3n) is 2.07. The molecule has 0 aliphatic rings. The number of rotatable bonds is 3. The van der Waals surface area contributed by atoms with Crippen LogP contribution in [0, 0.1) is 0 Å². The highest BCUT2D eigenvalue weighted by molar-refractivity contribution is 7.90. The van der Waals surface area contributed by atoms with Gasteiger partial charge in [-0.3, -0.25) is 0 Å². The molecule has 0 bridgehead atoms. The second-order valence-corrected chi connectivity index (χ2v) is 7.22. The number of ether oxygens (including phenoxy) is 1. The van der Waals surface area contributed by atoms with Gasteiger partial charge in [-0.1, -0.05) is 0 Å². The summed E-state index contributed by atoms with van der Waals surface area (Å²) < 4.78 is 27.5. The Morgan fingerprint density at radius 3 is 2.35 bits per heavy atom. The van der Waals surface area contributed by atoms with Crippen LogP contribution < -0.4 is 5.32 Å². The van der Waals surface area contributed by atoms with E-state index < -0.39 is 27.6 Å². The van der Waals surface area contributed by atoms with Crippen molar-refractivity contribution < 1.29 is 17.9 Å². The number of carbonyl (C=O) groups excluding carboxylic acids is 1.